The van der Waals surface area contributed by atoms with E-state index in [-0.39, 0.29) is 5.54 Å². The summed E-state index contributed by atoms with van der Waals surface area (Å²) in [7, 11) is 4.35. The first-order valence-electron chi connectivity index (χ1n) is 9.36. The molecule has 2 bridgehead atoms. The van der Waals surface area contributed by atoms with Crippen molar-refractivity contribution in [1.29, 1.82) is 0 Å². The Hall–Kier alpha value is -1.91. The molecule has 2 aromatic rings. The van der Waals surface area contributed by atoms with Crippen LogP contribution in [0.3, 0.4) is 0 Å². The zero-order chi connectivity index (χ0) is 19.2. The van der Waals surface area contributed by atoms with Gasteiger partial charge in [-0.25, -0.2) is 4.98 Å². The molecule has 0 amide bonds. The van der Waals surface area contributed by atoms with Gasteiger partial charge in [-0.1, -0.05) is 29.9 Å². The number of para-hydroxylation sites is 1. The average molecular weight is 425 g/mol. The van der Waals surface area contributed by atoms with Gasteiger partial charge < -0.3 is 4.74 Å². The molecule has 0 N–H and O–H groups in total. The van der Waals surface area contributed by atoms with Crippen molar-refractivity contribution < 1.29 is 4.74 Å². The number of benzene rings is 1. The highest BCUT2D eigenvalue weighted by atomic mass is 79.9. The van der Waals surface area contributed by atoms with E-state index in [0.717, 1.165) is 28.8 Å². The summed E-state index contributed by atoms with van der Waals surface area (Å²) >= 11 is 3.54. The molecule has 0 saturated heterocycles. The second-order valence-corrected chi connectivity index (χ2v) is 8.67. The maximum atomic E-state index is 6.06. The largest absolute Gasteiger partial charge is 0.438 e. The molecule has 0 spiro atoms. The first kappa shape index (κ1) is 18.5. The van der Waals surface area contributed by atoms with Crippen LogP contribution in [0, 0.1) is 11.8 Å². The standard InChI is InChI=1S/C23H25BrN2O/c1-5-17-16-12-15(2)14-23(17,26(3)4)18-10-11-22(25-20(18)13-16)27-21-9-7-6-8-19(21)24/h5-12,16-17H,1,13-14H2,2-4H3/t16-,17+,23+/m0/s1. The summed E-state index contributed by atoms with van der Waals surface area (Å²) in [5.74, 6) is 2.24. The summed E-state index contributed by atoms with van der Waals surface area (Å²) in [4.78, 5) is 7.28. The molecule has 0 saturated carbocycles. The second kappa shape index (κ2) is 6.92. The average Bonchev–Trinajstić information content (AvgIpc) is 2.62. The summed E-state index contributed by atoms with van der Waals surface area (Å²) in [5, 5.41) is 0. The SMILES string of the molecule is C=C[C@@H]1[C@H]2C=C(C)C[C@]1(N(C)C)c1ccc(Oc3ccccc3Br)nc1C2. The lowest BCUT2D eigenvalue weighted by molar-refractivity contribution is 0.0537. The van der Waals surface area contributed by atoms with Crippen LogP contribution in [0.5, 0.6) is 11.6 Å². The predicted octanol–water partition coefficient (Wildman–Crippen LogP) is 5.72. The fourth-order valence-corrected chi connectivity index (χ4v) is 5.27. The number of ether oxygens (including phenoxy) is 1. The highest BCUT2D eigenvalue weighted by Gasteiger charge is 2.51. The van der Waals surface area contributed by atoms with Crippen molar-refractivity contribution in [3.8, 4) is 11.6 Å². The molecule has 1 aromatic heterocycles. The van der Waals surface area contributed by atoms with Gasteiger partial charge in [0.25, 0.3) is 0 Å². The van der Waals surface area contributed by atoms with Crippen molar-refractivity contribution in [3.05, 3.63) is 76.4 Å². The normalized spacial score (nSPS) is 26.3. The lowest BCUT2D eigenvalue weighted by Crippen LogP contribution is -2.54. The van der Waals surface area contributed by atoms with Gasteiger partial charge in [-0.3, -0.25) is 4.90 Å². The molecular weight excluding hydrogens is 400 g/mol. The van der Waals surface area contributed by atoms with E-state index in [2.05, 4.69) is 66.6 Å². The molecule has 4 rings (SSSR count). The van der Waals surface area contributed by atoms with Crippen LogP contribution in [-0.4, -0.2) is 24.0 Å². The Bertz CT molecular complexity index is 920. The highest BCUT2D eigenvalue weighted by molar-refractivity contribution is 9.10. The molecule has 140 valence electrons. The zero-order valence-corrected chi connectivity index (χ0v) is 17.7. The van der Waals surface area contributed by atoms with E-state index >= 15 is 0 Å². The lowest BCUT2D eigenvalue weighted by atomic mass is 9.59. The molecule has 0 fully saturated rings. The van der Waals surface area contributed by atoms with Crippen LogP contribution >= 0.6 is 15.9 Å². The number of allylic oxidation sites excluding steroid dienone is 1. The van der Waals surface area contributed by atoms with Gasteiger partial charge in [-0.15, -0.1) is 6.58 Å². The molecule has 1 heterocycles. The fraction of sp³-hybridized carbons (Fsp3) is 0.348. The zero-order valence-electron chi connectivity index (χ0n) is 16.1. The first-order chi connectivity index (χ1) is 13.0. The molecule has 1 aromatic carbocycles. The minimum absolute atomic E-state index is 0.0856. The highest BCUT2D eigenvalue weighted by Crippen LogP contribution is 2.53. The van der Waals surface area contributed by atoms with E-state index in [4.69, 9.17) is 9.72 Å². The number of nitrogens with zero attached hydrogens (tertiary/aromatic N) is 2. The van der Waals surface area contributed by atoms with E-state index in [1.54, 1.807) is 0 Å². The minimum Gasteiger partial charge on any atom is -0.438 e. The van der Waals surface area contributed by atoms with Gasteiger partial charge in [0.05, 0.1) is 15.7 Å². The maximum absolute atomic E-state index is 6.06. The first-order valence-corrected chi connectivity index (χ1v) is 10.1. The summed E-state index contributed by atoms with van der Waals surface area (Å²) in [6.45, 7) is 6.41. The number of aromatic nitrogens is 1. The third-order valence-electron chi connectivity index (χ3n) is 6.01. The molecule has 4 heteroatoms. The Morgan fingerprint density at radius 3 is 2.74 bits per heavy atom. The van der Waals surface area contributed by atoms with Crippen LogP contribution in [0.25, 0.3) is 0 Å². The van der Waals surface area contributed by atoms with Crippen molar-refractivity contribution in [1.82, 2.24) is 9.88 Å². The quantitative estimate of drug-likeness (QED) is 0.586. The Morgan fingerprint density at radius 1 is 1.26 bits per heavy atom. The Kier molecular flexibility index (Phi) is 4.73. The topological polar surface area (TPSA) is 25.4 Å². The van der Waals surface area contributed by atoms with Gasteiger partial charge >= 0.3 is 0 Å². The number of pyridine rings is 1. The van der Waals surface area contributed by atoms with E-state index in [9.17, 15) is 0 Å². The van der Waals surface area contributed by atoms with Crippen LogP contribution in [0.4, 0.5) is 0 Å². The second-order valence-electron chi connectivity index (χ2n) is 7.81. The van der Waals surface area contributed by atoms with E-state index in [0.29, 0.717) is 17.7 Å². The van der Waals surface area contributed by atoms with Crippen LogP contribution in [0.1, 0.15) is 24.6 Å². The molecule has 0 radical (unpaired) electrons. The van der Waals surface area contributed by atoms with Gasteiger partial charge in [0.15, 0.2) is 0 Å². The van der Waals surface area contributed by atoms with Crippen molar-refractivity contribution in [3.63, 3.8) is 0 Å². The Balaban J connectivity index is 1.79. The molecule has 2 aliphatic carbocycles. The molecule has 27 heavy (non-hydrogen) atoms. The Morgan fingerprint density at radius 2 is 2.04 bits per heavy atom. The summed E-state index contributed by atoms with van der Waals surface area (Å²) in [6.07, 6.45) is 6.49. The van der Waals surface area contributed by atoms with Crippen molar-refractivity contribution in [2.75, 3.05) is 14.1 Å². The Labute approximate surface area is 169 Å². The van der Waals surface area contributed by atoms with Crippen molar-refractivity contribution in [2.45, 2.75) is 25.3 Å². The smallest absolute Gasteiger partial charge is 0.219 e. The minimum atomic E-state index is -0.0856. The molecule has 3 nitrogen and oxygen atoms in total. The van der Waals surface area contributed by atoms with Gasteiger partial charge in [0, 0.05) is 12.0 Å². The molecule has 2 aliphatic rings. The summed E-state index contributed by atoms with van der Waals surface area (Å²) in [6, 6.07) is 12.1. The maximum Gasteiger partial charge on any atom is 0.219 e. The van der Waals surface area contributed by atoms with Crippen molar-refractivity contribution >= 4 is 15.9 Å². The van der Waals surface area contributed by atoms with Crippen molar-refractivity contribution in [2.24, 2.45) is 11.8 Å². The van der Waals surface area contributed by atoms with E-state index in [1.807, 2.05) is 30.3 Å². The van der Waals surface area contributed by atoms with Gasteiger partial charge in [-0.2, -0.15) is 0 Å². The molecule has 0 aliphatic heterocycles. The van der Waals surface area contributed by atoms with Crippen LogP contribution in [0.15, 0.2) is 65.2 Å². The van der Waals surface area contributed by atoms with E-state index < -0.39 is 0 Å². The monoisotopic (exact) mass is 424 g/mol. The number of halogens is 1. The van der Waals surface area contributed by atoms with Gasteiger partial charge in [0.1, 0.15) is 5.75 Å². The van der Waals surface area contributed by atoms with Crippen LogP contribution < -0.4 is 4.74 Å². The number of hydrogen-bond donors (Lipinski definition) is 0. The van der Waals surface area contributed by atoms with Gasteiger partial charge in [-0.05, 0) is 79.5 Å². The molecule has 0 unspecified atom stereocenters. The summed E-state index contributed by atoms with van der Waals surface area (Å²) < 4.78 is 6.99. The number of fused-ring (bicyclic) bond motifs is 4. The van der Waals surface area contributed by atoms with E-state index in [1.165, 1.54) is 11.1 Å². The van der Waals surface area contributed by atoms with Crippen LogP contribution in [-0.2, 0) is 12.0 Å². The molecule has 3 atom stereocenters. The van der Waals surface area contributed by atoms with Crippen LogP contribution in [0.2, 0.25) is 0 Å². The van der Waals surface area contributed by atoms with Gasteiger partial charge in [0.2, 0.25) is 5.88 Å². The number of rotatable bonds is 4. The lowest BCUT2D eigenvalue weighted by Gasteiger charge is -2.54. The predicted molar refractivity (Wildman–Crippen MR) is 113 cm³/mol. The fourth-order valence-electron chi connectivity index (χ4n) is 4.90. The third kappa shape index (κ3) is 2.95. The third-order valence-corrected chi connectivity index (χ3v) is 6.66. The molecular formula is C23H25BrN2O. The summed E-state index contributed by atoms with van der Waals surface area (Å²) in [5.41, 5.74) is 3.81. The number of hydrogen-bond acceptors (Lipinski definition) is 3.